The maximum Gasteiger partial charge on any atom is 0.208 e. The van der Waals surface area contributed by atoms with Gasteiger partial charge in [-0.2, -0.15) is 0 Å². The third-order valence-corrected chi connectivity index (χ3v) is 5.70. The van der Waals surface area contributed by atoms with Crippen LogP contribution in [-0.2, 0) is 23.1 Å². The fraction of sp³-hybridized carbons (Fsp3) is 0.571. The van der Waals surface area contributed by atoms with Crippen molar-refractivity contribution in [2.45, 2.75) is 32.5 Å². The zero-order chi connectivity index (χ0) is 16.4. The number of sulfonamides is 1. The zero-order valence-electron chi connectivity index (χ0n) is 13.3. The van der Waals surface area contributed by atoms with Crippen LogP contribution in [0.2, 0.25) is 0 Å². The number of imidazole rings is 1. The van der Waals surface area contributed by atoms with Crippen molar-refractivity contribution < 1.29 is 8.42 Å². The van der Waals surface area contributed by atoms with Crippen LogP contribution in [0.15, 0.2) is 18.0 Å². The Morgan fingerprint density at radius 1 is 1.48 bits per heavy atom. The number of aromatic nitrogens is 3. The van der Waals surface area contributed by atoms with Gasteiger partial charge in [-0.15, -0.1) is 11.3 Å². The lowest BCUT2D eigenvalue weighted by molar-refractivity contribution is 0.173. The topological polar surface area (TPSA) is 80.1 Å². The second-order valence-electron chi connectivity index (χ2n) is 5.93. The quantitative estimate of drug-likeness (QED) is 0.841. The molecular formula is C14H21N5O2S2. The summed E-state index contributed by atoms with van der Waals surface area (Å²) < 4.78 is 27.2. The van der Waals surface area contributed by atoms with Gasteiger partial charge in [-0.25, -0.2) is 23.1 Å². The Hall–Kier alpha value is -1.29. The molecule has 0 aliphatic carbocycles. The summed E-state index contributed by atoms with van der Waals surface area (Å²) in [5.41, 5.74) is 4.14. The standard InChI is InChI=1S/C14H21N5O2S2/c1-11-14(22-10-16-11)8-18-6-12(3-4-17-23(2,20)21)19-9-15-5-13(19)7-18/h5,9-10,12,17H,3-4,6-8H2,1-2H3. The number of thiazole rings is 1. The van der Waals surface area contributed by atoms with E-state index < -0.39 is 10.0 Å². The van der Waals surface area contributed by atoms with Crippen molar-refractivity contribution in [3.63, 3.8) is 0 Å². The Morgan fingerprint density at radius 3 is 3.00 bits per heavy atom. The molecule has 1 unspecified atom stereocenters. The van der Waals surface area contributed by atoms with Crippen LogP contribution in [0, 0.1) is 6.92 Å². The van der Waals surface area contributed by atoms with Gasteiger partial charge in [0.05, 0.1) is 29.5 Å². The van der Waals surface area contributed by atoms with E-state index in [0.29, 0.717) is 6.54 Å². The van der Waals surface area contributed by atoms with Crippen LogP contribution in [-0.4, -0.2) is 47.2 Å². The number of aryl methyl sites for hydroxylation is 1. The predicted octanol–water partition coefficient (Wildman–Crippen LogP) is 1.14. The first-order valence-electron chi connectivity index (χ1n) is 7.49. The fourth-order valence-corrected chi connectivity index (χ4v) is 4.21. The molecule has 0 fully saturated rings. The SMILES string of the molecule is Cc1ncsc1CN1Cc2cncn2C(CCNS(C)(=O)=O)C1. The van der Waals surface area contributed by atoms with E-state index in [2.05, 4.69) is 24.2 Å². The van der Waals surface area contributed by atoms with Crippen molar-refractivity contribution in [1.29, 1.82) is 0 Å². The minimum absolute atomic E-state index is 0.226. The average Bonchev–Trinajstić information content (AvgIpc) is 3.07. The second-order valence-corrected chi connectivity index (χ2v) is 8.70. The molecule has 23 heavy (non-hydrogen) atoms. The highest BCUT2D eigenvalue weighted by Gasteiger charge is 2.25. The Morgan fingerprint density at radius 2 is 2.30 bits per heavy atom. The van der Waals surface area contributed by atoms with Gasteiger partial charge in [-0.1, -0.05) is 0 Å². The van der Waals surface area contributed by atoms with Gasteiger partial charge in [0.1, 0.15) is 0 Å². The molecule has 0 aromatic carbocycles. The van der Waals surface area contributed by atoms with Crippen LogP contribution in [0.4, 0.5) is 0 Å². The highest BCUT2D eigenvalue weighted by Crippen LogP contribution is 2.26. The van der Waals surface area contributed by atoms with Crippen molar-refractivity contribution >= 4 is 21.4 Å². The van der Waals surface area contributed by atoms with Crippen LogP contribution in [0.5, 0.6) is 0 Å². The molecule has 0 amide bonds. The van der Waals surface area contributed by atoms with Crippen molar-refractivity contribution in [1.82, 2.24) is 24.2 Å². The molecule has 0 bridgehead atoms. The summed E-state index contributed by atoms with van der Waals surface area (Å²) in [7, 11) is -3.14. The van der Waals surface area contributed by atoms with Gasteiger partial charge in [-0.3, -0.25) is 4.90 Å². The molecule has 0 saturated heterocycles. The second kappa shape index (κ2) is 6.68. The lowest BCUT2D eigenvalue weighted by Crippen LogP contribution is -2.38. The molecule has 126 valence electrons. The summed E-state index contributed by atoms with van der Waals surface area (Å²) >= 11 is 1.68. The van der Waals surface area contributed by atoms with E-state index in [0.717, 1.165) is 31.7 Å². The molecule has 1 atom stereocenters. The Labute approximate surface area is 140 Å². The molecule has 9 heteroatoms. The third-order valence-electron chi connectivity index (χ3n) is 4.05. The fourth-order valence-electron chi connectivity index (χ4n) is 2.91. The third kappa shape index (κ3) is 4.17. The molecular weight excluding hydrogens is 334 g/mol. The molecule has 1 N–H and O–H groups in total. The maximum absolute atomic E-state index is 11.2. The maximum atomic E-state index is 11.2. The lowest BCUT2D eigenvalue weighted by atomic mass is 10.1. The van der Waals surface area contributed by atoms with Crippen molar-refractivity contribution in [3.05, 3.63) is 34.3 Å². The summed E-state index contributed by atoms with van der Waals surface area (Å²) in [5.74, 6) is 0. The van der Waals surface area contributed by atoms with E-state index in [-0.39, 0.29) is 6.04 Å². The molecule has 0 saturated carbocycles. The molecule has 2 aromatic rings. The van der Waals surface area contributed by atoms with Gasteiger partial charge in [0, 0.05) is 43.3 Å². The van der Waals surface area contributed by atoms with Crippen molar-refractivity contribution in [3.8, 4) is 0 Å². The number of rotatable bonds is 6. The number of hydrogen-bond acceptors (Lipinski definition) is 6. The highest BCUT2D eigenvalue weighted by molar-refractivity contribution is 7.88. The monoisotopic (exact) mass is 355 g/mol. The summed E-state index contributed by atoms with van der Waals surface area (Å²) in [6.45, 7) is 5.08. The Kier molecular flexibility index (Phi) is 4.81. The molecule has 2 aromatic heterocycles. The normalized spacial score (nSPS) is 19.0. The van der Waals surface area contributed by atoms with Gasteiger partial charge in [0.25, 0.3) is 0 Å². The smallest absolute Gasteiger partial charge is 0.208 e. The molecule has 7 nitrogen and oxygen atoms in total. The predicted molar refractivity (Wildman–Crippen MR) is 89.7 cm³/mol. The highest BCUT2D eigenvalue weighted by atomic mass is 32.2. The van der Waals surface area contributed by atoms with Crippen molar-refractivity contribution in [2.75, 3.05) is 19.3 Å². The minimum Gasteiger partial charge on any atom is -0.329 e. The van der Waals surface area contributed by atoms with Gasteiger partial charge in [-0.05, 0) is 13.3 Å². The van der Waals surface area contributed by atoms with Crippen LogP contribution < -0.4 is 4.72 Å². The van der Waals surface area contributed by atoms with E-state index in [1.54, 1.807) is 11.3 Å². The average molecular weight is 355 g/mol. The first-order chi connectivity index (χ1) is 10.9. The summed E-state index contributed by atoms with van der Waals surface area (Å²) in [6, 6.07) is 0.226. The van der Waals surface area contributed by atoms with Crippen LogP contribution >= 0.6 is 11.3 Å². The molecule has 3 rings (SSSR count). The van der Waals surface area contributed by atoms with Crippen molar-refractivity contribution in [2.24, 2.45) is 0 Å². The Balaban J connectivity index is 1.68. The summed E-state index contributed by atoms with van der Waals surface area (Å²) in [4.78, 5) is 12.2. The lowest BCUT2D eigenvalue weighted by Gasteiger charge is -2.34. The molecule has 0 spiro atoms. The van der Waals surface area contributed by atoms with Gasteiger partial charge >= 0.3 is 0 Å². The van der Waals surface area contributed by atoms with Crippen LogP contribution in [0.25, 0.3) is 0 Å². The minimum atomic E-state index is -3.14. The van der Waals surface area contributed by atoms with E-state index in [1.807, 2.05) is 25.0 Å². The molecule has 1 aliphatic heterocycles. The number of fused-ring (bicyclic) bond motifs is 1. The summed E-state index contributed by atoms with van der Waals surface area (Å²) in [6.07, 6.45) is 5.67. The molecule has 0 radical (unpaired) electrons. The Bertz CT molecular complexity index is 768. The number of hydrogen-bond donors (Lipinski definition) is 1. The first kappa shape index (κ1) is 16.6. The number of nitrogens with one attached hydrogen (secondary N) is 1. The van der Waals surface area contributed by atoms with Crippen LogP contribution in [0.3, 0.4) is 0 Å². The van der Waals surface area contributed by atoms with Gasteiger partial charge in [0.2, 0.25) is 10.0 Å². The molecule has 3 heterocycles. The van der Waals surface area contributed by atoms with E-state index >= 15 is 0 Å². The van der Waals surface area contributed by atoms with Gasteiger partial charge in [0.15, 0.2) is 0 Å². The molecule has 1 aliphatic rings. The van der Waals surface area contributed by atoms with E-state index in [9.17, 15) is 8.42 Å². The van der Waals surface area contributed by atoms with Crippen LogP contribution in [0.1, 0.15) is 28.7 Å². The number of nitrogens with zero attached hydrogens (tertiary/aromatic N) is 4. The van der Waals surface area contributed by atoms with E-state index in [4.69, 9.17) is 0 Å². The largest absolute Gasteiger partial charge is 0.329 e. The van der Waals surface area contributed by atoms with E-state index in [1.165, 1.54) is 16.8 Å². The summed E-state index contributed by atoms with van der Waals surface area (Å²) in [5, 5.41) is 0. The first-order valence-corrected chi connectivity index (χ1v) is 10.3. The van der Waals surface area contributed by atoms with Gasteiger partial charge < -0.3 is 4.57 Å². The zero-order valence-corrected chi connectivity index (χ0v) is 14.9.